The monoisotopic (exact) mass is 368 g/mol. The van der Waals surface area contributed by atoms with Crippen LogP contribution in [-0.4, -0.2) is 36.3 Å². The van der Waals surface area contributed by atoms with Crippen LogP contribution in [0, 0.1) is 0 Å². The van der Waals surface area contributed by atoms with Gasteiger partial charge in [-0.2, -0.15) is 0 Å². The largest absolute Gasteiger partial charge is 0.457 e. The summed E-state index contributed by atoms with van der Waals surface area (Å²) in [5, 5.41) is 0. The maximum absolute atomic E-state index is 12.6. The molecule has 0 radical (unpaired) electrons. The minimum absolute atomic E-state index is 0.0292. The van der Waals surface area contributed by atoms with Gasteiger partial charge in [0.1, 0.15) is 18.0 Å². The van der Waals surface area contributed by atoms with Gasteiger partial charge in [-0.15, -0.1) is 0 Å². The predicted molar refractivity (Wildman–Crippen MR) is 108 cm³/mol. The van der Waals surface area contributed by atoms with Gasteiger partial charge in [-0.3, -0.25) is 9.59 Å². The molecule has 0 fully saturated rings. The van der Waals surface area contributed by atoms with Gasteiger partial charge in [-0.1, -0.05) is 32.0 Å². The number of hydrogen-bond acceptors (Lipinski definition) is 3. The summed E-state index contributed by atoms with van der Waals surface area (Å²) in [5.74, 6) is 1.24. The third-order valence-corrected chi connectivity index (χ3v) is 4.14. The summed E-state index contributed by atoms with van der Waals surface area (Å²) in [7, 11) is 0. The number of rotatable bonds is 9. The first-order chi connectivity index (χ1) is 13.0. The lowest BCUT2D eigenvalue weighted by molar-refractivity contribution is -0.131. The Bertz CT molecular complexity index is 723. The van der Waals surface area contributed by atoms with Crippen LogP contribution in [0.1, 0.15) is 33.6 Å². The Morgan fingerprint density at radius 2 is 1.41 bits per heavy atom. The zero-order chi connectivity index (χ0) is 19.6. The third kappa shape index (κ3) is 6.13. The zero-order valence-electron chi connectivity index (χ0n) is 16.4. The first-order valence-electron chi connectivity index (χ1n) is 9.44. The average Bonchev–Trinajstić information content (AvgIpc) is 2.67. The molecule has 0 spiro atoms. The van der Waals surface area contributed by atoms with Crippen molar-refractivity contribution in [2.45, 2.75) is 33.6 Å². The highest BCUT2D eigenvalue weighted by Crippen LogP contribution is 2.24. The molecule has 0 aromatic heterocycles. The van der Waals surface area contributed by atoms with Crippen molar-refractivity contribution in [1.82, 2.24) is 4.90 Å². The molecule has 2 aromatic carbocycles. The van der Waals surface area contributed by atoms with E-state index in [-0.39, 0.29) is 18.4 Å². The van der Waals surface area contributed by atoms with E-state index in [9.17, 15) is 9.59 Å². The Kier molecular flexibility index (Phi) is 7.86. The maximum atomic E-state index is 12.6. The number of carbonyl (C=O) groups excluding carboxylic acids is 2. The summed E-state index contributed by atoms with van der Waals surface area (Å²) < 4.78 is 5.78. The number of amides is 2. The van der Waals surface area contributed by atoms with Crippen molar-refractivity contribution in [3.63, 3.8) is 0 Å². The van der Waals surface area contributed by atoms with E-state index in [4.69, 9.17) is 4.74 Å². The summed E-state index contributed by atoms with van der Waals surface area (Å²) >= 11 is 0. The molecule has 2 amide bonds. The van der Waals surface area contributed by atoms with E-state index in [0.717, 1.165) is 18.6 Å². The predicted octanol–water partition coefficient (Wildman–Crippen LogP) is 4.48. The Balaban J connectivity index is 2.09. The minimum atomic E-state index is -0.159. The molecule has 2 rings (SSSR count). The first-order valence-corrected chi connectivity index (χ1v) is 9.44. The molecule has 0 atom stereocenters. The Morgan fingerprint density at radius 1 is 0.852 bits per heavy atom. The van der Waals surface area contributed by atoms with E-state index in [1.165, 1.54) is 11.8 Å². The number of para-hydroxylation sites is 1. The van der Waals surface area contributed by atoms with Gasteiger partial charge in [-0.25, -0.2) is 0 Å². The topological polar surface area (TPSA) is 49.9 Å². The van der Waals surface area contributed by atoms with Crippen LogP contribution in [0.4, 0.5) is 5.69 Å². The fraction of sp³-hybridized carbons (Fsp3) is 0.364. The Labute approximate surface area is 161 Å². The Hall–Kier alpha value is -2.82. The van der Waals surface area contributed by atoms with Gasteiger partial charge in [0, 0.05) is 25.7 Å². The van der Waals surface area contributed by atoms with Crippen LogP contribution in [-0.2, 0) is 9.59 Å². The van der Waals surface area contributed by atoms with E-state index < -0.39 is 0 Å². The van der Waals surface area contributed by atoms with E-state index in [2.05, 4.69) is 0 Å². The average molecular weight is 368 g/mol. The number of carbonyl (C=O) groups is 2. The van der Waals surface area contributed by atoms with Gasteiger partial charge in [-0.05, 0) is 49.2 Å². The second-order valence-corrected chi connectivity index (χ2v) is 6.39. The maximum Gasteiger partial charge on any atom is 0.242 e. The quantitative estimate of drug-likeness (QED) is 0.656. The van der Waals surface area contributed by atoms with Crippen molar-refractivity contribution in [3.8, 4) is 11.5 Å². The lowest BCUT2D eigenvalue weighted by Crippen LogP contribution is -2.43. The molecule has 0 unspecified atom stereocenters. The van der Waals surface area contributed by atoms with E-state index in [1.54, 1.807) is 24.3 Å². The van der Waals surface area contributed by atoms with Crippen LogP contribution in [0.15, 0.2) is 54.6 Å². The van der Waals surface area contributed by atoms with E-state index >= 15 is 0 Å². The molecule has 0 saturated heterocycles. The van der Waals surface area contributed by atoms with Crippen molar-refractivity contribution in [3.05, 3.63) is 54.6 Å². The second-order valence-electron chi connectivity index (χ2n) is 6.39. The van der Waals surface area contributed by atoms with Crippen LogP contribution in [0.2, 0.25) is 0 Å². The highest BCUT2D eigenvalue weighted by molar-refractivity contribution is 5.97. The van der Waals surface area contributed by atoms with Crippen molar-refractivity contribution < 1.29 is 14.3 Å². The fourth-order valence-electron chi connectivity index (χ4n) is 2.84. The molecule has 27 heavy (non-hydrogen) atoms. The van der Waals surface area contributed by atoms with Crippen molar-refractivity contribution in [1.29, 1.82) is 0 Å². The first kappa shape index (κ1) is 20.5. The number of anilines is 1. The van der Waals surface area contributed by atoms with Gasteiger partial charge in [0.2, 0.25) is 11.8 Å². The van der Waals surface area contributed by atoms with Gasteiger partial charge in [0.25, 0.3) is 0 Å². The molecule has 2 aromatic rings. The molecule has 5 nitrogen and oxygen atoms in total. The summed E-state index contributed by atoms with van der Waals surface area (Å²) in [6, 6.07) is 16.7. The normalized spacial score (nSPS) is 10.3. The molecule has 0 N–H and O–H groups in total. The highest BCUT2D eigenvalue weighted by atomic mass is 16.5. The third-order valence-electron chi connectivity index (χ3n) is 4.14. The van der Waals surface area contributed by atoms with Gasteiger partial charge >= 0.3 is 0 Å². The SMILES string of the molecule is CCCN(CCC)C(=O)CN(C(C)=O)c1ccc(Oc2ccccc2)cc1. The summed E-state index contributed by atoms with van der Waals surface area (Å²) in [4.78, 5) is 28.1. The van der Waals surface area contributed by atoms with E-state index in [0.29, 0.717) is 24.5 Å². The second kappa shape index (κ2) is 10.4. The number of ether oxygens (including phenoxy) is 1. The van der Waals surface area contributed by atoms with Crippen molar-refractivity contribution in [2.24, 2.45) is 0 Å². The van der Waals surface area contributed by atoms with Gasteiger partial charge < -0.3 is 14.5 Å². The summed E-state index contributed by atoms with van der Waals surface area (Å²) in [5.41, 5.74) is 0.684. The van der Waals surface area contributed by atoms with Gasteiger partial charge in [0.15, 0.2) is 0 Å². The van der Waals surface area contributed by atoms with Crippen LogP contribution < -0.4 is 9.64 Å². The van der Waals surface area contributed by atoms with Crippen molar-refractivity contribution in [2.75, 3.05) is 24.5 Å². The number of hydrogen-bond donors (Lipinski definition) is 0. The molecule has 0 bridgehead atoms. The highest BCUT2D eigenvalue weighted by Gasteiger charge is 2.19. The smallest absolute Gasteiger partial charge is 0.242 e. The fourth-order valence-corrected chi connectivity index (χ4v) is 2.84. The number of nitrogens with zero attached hydrogens (tertiary/aromatic N) is 2. The molecule has 0 aliphatic heterocycles. The molecule has 0 heterocycles. The van der Waals surface area contributed by atoms with Gasteiger partial charge in [0.05, 0.1) is 0 Å². The minimum Gasteiger partial charge on any atom is -0.457 e. The number of benzene rings is 2. The summed E-state index contributed by atoms with van der Waals surface area (Å²) in [6.07, 6.45) is 1.80. The van der Waals surface area contributed by atoms with Crippen LogP contribution in [0.25, 0.3) is 0 Å². The van der Waals surface area contributed by atoms with Crippen LogP contribution in [0.5, 0.6) is 11.5 Å². The molecule has 0 aliphatic carbocycles. The summed E-state index contributed by atoms with van der Waals surface area (Å²) in [6.45, 7) is 7.04. The standard InChI is InChI=1S/C22H28N2O3/c1-4-15-23(16-5-2)22(26)17-24(18(3)25)19-11-13-21(14-12-19)27-20-9-7-6-8-10-20/h6-14H,4-5,15-17H2,1-3H3. The zero-order valence-corrected chi connectivity index (χ0v) is 16.4. The van der Waals surface area contributed by atoms with Crippen molar-refractivity contribution >= 4 is 17.5 Å². The molecular weight excluding hydrogens is 340 g/mol. The van der Waals surface area contributed by atoms with Crippen LogP contribution >= 0.6 is 0 Å². The Morgan fingerprint density at radius 3 is 1.93 bits per heavy atom. The lowest BCUT2D eigenvalue weighted by Gasteiger charge is -2.26. The lowest BCUT2D eigenvalue weighted by atomic mass is 10.2. The van der Waals surface area contributed by atoms with Crippen LogP contribution in [0.3, 0.4) is 0 Å². The molecular formula is C22H28N2O3. The molecule has 144 valence electrons. The molecule has 0 saturated carbocycles. The van der Waals surface area contributed by atoms with E-state index in [1.807, 2.05) is 49.1 Å². The molecule has 0 aliphatic rings. The molecule has 5 heteroatoms.